The summed E-state index contributed by atoms with van der Waals surface area (Å²) >= 11 is 0. The molecule has 7 heteroatoms. The molecule has 1 aromatic rings. The lowest BCUT2D eigenvalue weighted by atomic mass is 10.2. The highest BCUT2D eigenvalue weighted by atomic mass is 19.3. The topological polar surface area (TPSA) is 71.0 Å². The Balaban J connectivity index is 2.97. The van der Waals surface area contributed by atoms with Crippen LogP contribution in [-0.2, 0) is 0 Å². The number of rotatable bonds is 4. The predicted molar refractivity (Wildman–Crippen MR) is 58.2 cm³/mol. The zero-order valence-corrected chi connectivity index (χ0v) is 8.65. The van der Waals surface area contributed by atoms with E-state index in [0.29, 0.717) is 0 Å². The molecule has 3 N–H and O–H groups in total. The van der Waals surface area contributed by atoms with Crippen LogP contribution in [0.3, 0.4) is 0 Å². The van der Waals surface area contributed by atoms with Crippen molar-refractivity contribution >= 4 is 17.6 Å². The van der Waals surface area contributed by atoms with Crippen molar-refractivity contribution in [2.24, 2.45) is 15.9 Å². The first-order valence-electron chi connectivity index (χ1n) is 4.57. The first-order chi connectivity index (χ1) is 8.08. The minimum absolute atomic E-state index is 0.0768. The number of alkyl halides is 2. The number of hydrogen-bond donors (Lipinski definition) is 2. The SMILES string of the molecule is NN=C(C=Nc1ccc(F)c(C(F)F)c1)CO. The zero-order valence-electron chi connectivity index (χ0n) is 8.65. The van der Waals surface area contributed by atoms with Gasteiger partial charge in [0.15, 0.2) is 0 Å². The fourth-order valence-electron chi connectivity index (χ4n) is 1.04. The Kier molecular flexibility index (Phi) is 4.65. The summed E-state index contributed by atoms with van der Waals surface area (Å²) in [7, 11) is 0. The lowest BCUT2D eigenvalue weighted by Crippen LogP contribution is -2.08. The summed E-state index contributed by atoms with van der Waals surface area (Å²) < 4.78 is 37.7. The maximum absolute atomic E-state index is 12.9. The van der Waals surface area contributed by atoms with Gasteiger partial charge in [0.25, 0.3) is 6.43 Å². The van der Waals surface area contributed by atoms with Gasteiger partial charge in [-0.15, -0.1) is 0 Å². The van der Waals surface area contributed by atoms with Crippen molar-refractivity contribution in [3.63, 3.8) is 0 Å². The van der Waals surface area contributed by atoms with Gasteiger partial charge in [0, 0.05) is 0 Å². The molecule has 0 unspecified atom stereocenters. The van der Waals surface area contributed by atoms with Gasteiger partial charge in [0.2, 0.25) is 0 Å². The molecule has 0 fully saturated rings. The number of nitrogens with zero attached hydrogens (tertiary/aromatic N) is 2. The second-order valence-electron chi connectivity index (χ2n) is 3.04. The molecular weight excluding hydrogens is 235 g/mol. The van der Waals surface area contributed by atoms with Crippen LogP contribution < -0.4 is 5.84 Å². The Hall–Kier alpha value is -1.89. The molecule has 17 heavy (non-hydrogen) atoms. The van der Waals surface area contributed by atoms with Crippen molar-refractivity contribution in [3.8, 4) is 0 Å². The van der Waals surface area contributed by atoms with Gasteiger partial charge in [-0.05, 0) is 18.2 Å². The average molecular weight is 245 g/mol. The molecule has 0 saturated carbocycles. The quantitative estimate of drug-likeness (QED) is 0.482. The Morgan fingerprint density at radius 2 is 2.18 bits per heavy atom. The highest BCUT2D eigenvalue weighted by Gasteiger charge is 2.13. The summed E-state index contributed by atoms with van der Waals surface area (Å²) in [5.74, 6) is 3.91. The molecule has 0 aromatic heterocycles. The Morgan fingerprint density at radius 3 is 2.71 bits per heavy atom. The van der Waals surface area contributed by atoms with Crippen LogP contribution in [0.1, 0.15) is 12.0 Å². The van der Waals surface area contributed by atoms with E-state index in [4.69, 9.17) is 10.9 Å². The van der Waals surface area contributed by atoms with E-state index in [1.807, 2.05) is 0 Å². The van der Waals surface area contributed by atoms with E-state index in [-0.39, 0.29) is 11.4 Å². The first-order valence-corrected chi connectivity index (χ1v) is 4.57. The number of aliphatic hydroxyl groups is 1. The van der Waals surface area contributed by atoms with Crippen LogP contribution in [0.2, 0.25) is 0 Å². The maximum Gasteiger partial charge on any atom is 0.266 e. The molecular formula is C10H10F3N3O. The van der Waals surface area contributed by atoms with Crippen LogP contribution in [0.15, 0.2) is 28.3 Å². The minimum Gasteiger partial charge on any atom is -0.390 e. The van der Waals surface area contributed by atoms with Crippen LogP contribution in [0.25, 0.3) is 0 Å². The molecule has 0 atom stereocenters. The fraction of sp³-hybridized carbons (Fsp3) is 0.200. The van der Waals surface area contributed by atoms with Crippen LogP contribution in [0.4, 0.5) is 18.9 Å². The Morgan fingerprint density at radius 1 is 1.47 bits per heavy atom. The molecule has 0 aliphatic rings. The average Bonchev–Trinajstić information content (AvgIpc) is 2.32. The van der Waals surface area contributed by atoms with Gasteiger partial charge in [-0.25, -0.2) is 13.2 Å². The van der Waals surface area contributed by atoms with E-state index in [9.17, 15) is 13.2 Å². The molecule has 0 radical (unpaired) electrons. The normalized spacial score (nSPS) is 12.6. The maximum atomic E-state index is 12.9. The molecule has 4 nitrogen and oxygen atoms in total. The summed E-state index contributed by atoms with van der Waals surface area (Å²) in [6, 6.07) is 3.04. The summed E-state index contributed by atoms with van der Waals surface area (Å²) in [6.07, 6.45) is -1.80. The van der Waals surface area contributed by atoms with Gasteiger partial charge in [-0.1, -0.05) is 0 Å². The molecule has 0 aliphatic carbocycles. The van der Waals surface area contributed by atoms with Crippen LogP contribution in [-0.4, -0.2) is 23.6 Å². The summed E-state index contributed by atoms with van der Waals surface area (Å²) in [4.78, 5) is 3.74. The lowest BCUT2D eigenvalue weighted by Gasteiger charge is -2.02. The van der Waals surface area contributed by atoms with Crippen LogP contribution >= 0.6 is 0 Å². The van der Waals surface area contributed by atoms with E-state index in [1.165, 1.54) is 6.07 Å². The number of hydrogen-bond acceptors (Lipinski definition) is 4. The Bertz CT molecular complexity index is 446. The van der Waals surface area contributed by atoms with Crippen molar-refractivity contribution in [1.29, 1.82) is 0 Å². The van der Waals surface area contributed by atoms with Crippen LogP contribution in [0, 0.1) is 5.82 Å². The second kappa shape index (κ2) is 6.00. The van der Waals surface area contributed by atoms with Gasteiger partial charge >= 0.3 is 0 Å². The minimum atomic E-state index is -2.91. The molecule has 0 aliphatic heterocycles. The number of benzene rings is 1. The smallest absolute Gasteiger partial charge is 0.266 e. The Labute approximate surface area is 95.3 Å². The molecule has 0 saturated heterocycles. The summed E-state index contributed by atoms with van der Waals surface area (Å²) in [6.45, 7) is -0.428. The monoisotopic (exact) mass is 245 g/mol. The van der Waals surface area contributed by atoms with Gasteiger partial charge in [0.1, 0.15) is 11.5 Å². The molecule has 0 bridgehead atoms. The molecule has 1 aromatic carbocycles. The van der Waals surface area contributed by atoms with E-state index < -0.39 is 24.4 Å². The van der Waals surface area contributed by atoms with Crippen molar-refractivity contribution in [2.75, 3.05) is 6.61 Å². The van der Waals surface area contributed by atoms with E-state index in [0.717, 1.165) is 18.3 Å². The predicted octanol–water partition coefficient (Wildman–Crippen LogP) is 1.77. The number of nitrogens with two attached hydrogens (primary N) is 1. The van der Waals surface area contributed by atoms with Gasteiger partial charge in [-0.2, -0.15) is 5.10 Å². The zero-order chi connectivity index (χ0) is 12.8. The van der Waals surface area contributed by atoms with Gasteiger partial charge in [0.05, 0.1) is 24.1 Å². The molecule has 1 rings (SSSR count). The summed E-state index contributed by atoms with van der Waals surface area (Å²) in [5, 5.41) is 11.9. The first kappa shape index (κ1) is 13.2. The van der Waals surface area contributed by atoms with Crippen molar-refractivity contribution in [1.82, 2.24) is 0 Å². The van der Waals surface area contributed by atoms with E-state index in [1.54, 1.807) is 0 Å². The highest BCUT2D eigenvalue weighted by Crippen LogP contribution is 2.26. The lowest BCUT2D eigenvalue weighted by molar-refractivity contribution is 0.146. The number of halogens is 3. The number of hydrazone groups is 1. The van der Waals surface area contributed by atoms with Gasteiger partial charge in [-0.3, -0.25) is 4.99 Å². The second-order valence-corrected chi connectivity index (χ2v) is 3.04. The number of aliphatic hydroxyl groups excluding tert-OH is 1. The molecule has 0 heterocycles. The highest BCUT2D eigenvalue weighted by molar-refractivity contribution is 6.31. The van der Waals surface area contributed by atoms with Crippen molar-refractivity contribution in [2.45, 2.75) is 6.43 Å². The fourth-order valence-corrected chi connectivity index (χ4v) is 1.04. The van der Waals surface area contributed by atoms with E-state index in [2.05, 4.69) is 10.1 Å². The standard InChI is InChI=1S/C10H10F3N3O/c11-9-2-1-6(3-8(9)10(12)13)15-4-7(5-17)16-14/h1-4,10,17H,5,14H2. The summed E-state index contributed by atoms with van der Waals surface area (Å²) in [5.41, 5.74) is -0.529. The molecule has 0 spiro atoms. The third kappa shape index (κ3) is 3.56. The largest absolute Gasteiger partial charge is 0.390 e. The van der Waals surface area contributed by atoms with Gasteiger partial charge < -0.3 is 10.9 Å². The molecule has 0 amide bonds. The van der Waals surface area contributed by atoms with Crippen molar-refractivity contribution in [3.05, 3.63) is 29.6 Å². The van der Waals surface area contributed by atoms with E-state index >= 15 is 0 Å². The third-order valence-corrected chi connectivity index (χ3v) is 1.91. The van der Waals surface area contributed by atoms with Crippen molar-refractivity contribution < 1.29 is 18.3 Å². The number of aliphatic imine (C=N–C) groups is 1. The molecule has 92 valence electrons. The van der Waals surface area contributed by atoms with Crippen LogP contribution in [0.5, 0.6) is 0 Å². The third-order valence-electron chi connectivity index (χ3n) is 1.91.